The first-order valence-electron chi connectivity index (χ1n) is 5.96. The Bertz CT molecular complexity index is 516. The SMILES string of the molecule is CCC(CC)S(=O)(=O)c1cccc(CC(=O)O)c1. The first-order valence-corrected chi connectivity index (χ1v) is 7.51. The van der Waals surface area contributed by atoms with Crippen LogP contribution in [0.1, 0.15) is 32.3 Å². The second-order valence-corrected chi connectivity index (χ2v) is 6.43. The fraction of sp³-hybridized carbons (Fsp3) is 0.462. The monoisotopic (exact) mass is 270 g/mol. The van der Waals surface area contributed by atoms with Crippen molar-refractivity contribution < 1.29 is 18.3 Å². The Hall–Kier alpha value is -1.36. The van der Waals surface area contributed by atoms with Gasteiger partial charge in [0.2, 0.25) is 0 Å². The van der Waals surface area contributed by atoms with E-state index in [0.717, 1.165) is 0 Å². The number of hydrogen-bond acceptors (Lipinski definition) is 3. The molecule has 100 valence electrons. The van der Waals surface area contributed by atoms with Crippen LogP contribution in [0.5, 0.6) is 0 Å². The van der Waals surface area contributed by atoms with Gasteiger partial charge in [-0.2, -0.15) is 0 Å². The largest absolute Gasteiger partial charge is 0.481 e. The molecule has 0 spiro atoms. The number of sulfone groups is 1. The summed E-state index contributed by atoms with van der Waals surface area (Å²) in [6.07, 6.45) is 0.955. The van der Waals surface area contributed by atoms with E-state index in [0.29, 0.717) is 18.4 Å². The van der Waals surface area contributed by atoms with E-state index in [4.69, 9.17) is 5.11 Å². The number of carboxylic acid groups (broad SMARTS) is 1. The molecule has 0 radical (unpaired) electrons. The molecule has 1 N–H and O–H groups in total. The summed E-state index contributed by atoms with van der Waals surface area (Å²) in [5.74, 6) is -0.966. The summed E-state index contributed by atoms with van der Waals surface area (Å²) < 4.78 is 24.6. The zero-order valence-corrected chi connectivity index (χ0v) is 11.4. The smallest absolute Gasteiger partial charge is 0.307 e. The van der Waals surface area contributed by atoms with Gasteiger partial charge in [0.15, 0.2) is 9.84 Å². The van der Waals surface area contributed by atoms with E-state index in [9.17, 15) is 13.2 Å². The number of aliphatic carboxylic acids is 1. The lowest BCUT2D eigenvalue weighted by atomic mass is 10.2. The van der Waals surface area contributed by atoms with Gasteiger partial charge in [-0.05, 0) is 30.5 Å². The summed E-state index contributed by atoms with van der Waals surface area (Å²) in [5.41, 5.74) is 0.509. The average molecular weight is 270 g/mol. The van der Waals surface area contributed by atoms with Crippen LogP contribution in [0.3, 0.4) is 0 Å². The Balaban J connectivity index is 3.13. The molecule has 4 nitrogen and oxygen atoms in total. The standard InChI is InChI=1S/C13H18O4S/c1-3-11(4-2)18(16,17)12-7-5-6-10(8-12)9-13(14)15/h5-8,11H,3-4,9H2,1-2H3,(H,14,15). The molecule has 18 heavy (non-hydrogen) atoms. The third kappa shape index (κ3) is 3.32. The molecule has 0 fully saturated rings. The van der Waals surface area contributed by atoms with Crippen molar-refractivity contribution in [3.05, 3.63) is 29.8 Å². The molecule has 0 aliphatic carbocycles. The van der Waals surface area contributed by atoms with Crippen molar-refractivity contribution in [2.45, 2.75) is 43.3 Å². The number of rotatable bonds is 6. The molecule has 0 aliphatic rings. The Kier molecular flexibility index (Phi) is 4.90. The van der Waals surface area contributed by atoms with Crippen LogP contribution < -0.4 is 0 Å². The second-order valence-electron chi connectivity index (χ2n) is 4.20. The number of carboxylic acids is 1. The summed E-state index contributed by atoms with van der Waals surface area (Å²) in [5, 5.41) is 8.31. The van der Waals surface area contributed by atoms with Gasteiger partial charge in [-0.3, -0.25) is 4.79 Å². The molecule has 0 saturated carbocycles. The van der Waals surface area contributed by atoms with E-state index in [2.05, 4.69) is 0 Å². The maximum Gasteiger partial charge on any atom is 0.307 e. The third-order valence-corrected chi connectivity index (χ3v) is 5.39. The van der Waals surface area contributed by atoms with E-state index in [1.807, 2.05) is 13.8 Å². The van der Waals surface area contributed by atoms with Gasteiger partial charge >= 0.3 is 5.97 Å². The lowest BCUT2D eigenvalue weighted by Crippen LogP contribution is -2.20. The fourth-order valence-electron chi connectivity index (χ4n) is 1.93. The maximum atomic E-state index is 12.3. The molecule has 0 aliphatic heterocycles. The Morgan fingerprint density at radius 2 is 1.89 bits per heavy atom. The molecule has 0 aromatic heterocycles. The van der Waals surface area contributed by atoms with E-state index in [-0.39, 0.29) is 11.3 Å². The van der Waals surface area contributed by atoms with E-state index >= 15 is 0 Å². The molecule has 0 saturated heterocycles. The van der Waals surface area contributed by atoms with Crippen molar-refractivity contribution in [2.24, 2.45) is 0 Å². The summed E-state index contributed by atoms with van der Waals surface area (Å²) >= 11 is 0. The first kappa shape index (κ1) is 14.7. The third-order valence-electron chi connectivity index (χ3n) is 2.93. The first-order chi connectivity index (χ1) is 8.41. The minimum Gasteiger partial charge on any atom is -0.481 e. The van der Waals surface area contributed by atoms with Crippen LogP contribution in [-0.2, 0) is 21.1 Å². The van der Waals surface area contributed by atoms with Gasteiger partial charge in [0.25, 0.3) is 0 Å². The van der Waals surface area contributed by atoms with Gasteiger partial charge in [0.1, 0.15) is 0 Å². The Morgan fingerprint density at radius 3 is 2.39 bits per heavy atom. The van der Waals surface area contributed by atoms with Crippen molar-refractivity contribution >= 4 is 15.8 Å². The maximum absolute atomic E-state index is 12.3. The van der Waals surface area contributed by atoms with Gasteiger partial charge in [0, 0.05) is 0 Å². The van der Waals surface area contributed by atoms with Gasteiger partial charge in [-0.25, -0.2) is 8.42 Å². The van der Waals surface area contributed by atoms with E-state index < -0.39 is 21.1 Å². The number of benzene rings is 1. The minimum atomic E-state index is -3.35. The van der Waals surface area contributed by atoms with Crippen LogP contribution in [0, 0.1) is 0 Å². The lowest BCUT2D eigenvalue weighted by Gasteiger charge is -2.14. The van der Waals surface area contributed by atoms with E-state index in [1.165, 1.54) is 12.1 Å². The van der Waals surface area contributed by atoms with Crippen molar-refractivity contribution in [1.82, 2.24) is 0 Å². The summed E-state index contributed by atoms with van der Waals surface area (Å²) in [6.45, 7) is 3.68. The fourth-order valence-corrected chi connectivity index (χ4v) is 3.77. The summed E-state index contributed by atoms with van der Waals surface area (Å²) in [4.78, 5) is 10.8. The molecule has 5 heteroatoms. The highest BCUT2D eigenvalue weighted by Gasteiger charge is 2.24. The van der Waals surface area contributed by atoms with Crippen LogP contribution in [-0.4, -0.2) is 24.7 Å². The van der Waals surface area contributed by atoms with Crippen LogP contribution in [0.25, 0.3) is 0 Å². The average Bonchev–Trinajstić information content (AvgIpc) is 2.29. The van der Waals surface area contributed by atoms with Crippen molar-refractivity contribution in [2.75, 3.05) is 0 Å². The van der Waals surface area contributed by atoms with Gasteiger partial charge < -0.3 is 5.11 Å². The summed E-state index contributed by atoms with van der Waals surface area (Å²) in [6, 6.07) is 6.20. The van der Waals surface area contributed by atoms with Crippen molar-refractivity contribution in [1.29, 1.82) is 0 Å². The zero-order chi connectivity index (χ0) is 13.8. The quantitative estimate of drug-likeness (QED) is 0.860. The van der Waals surface area contributed by atoms with Crippen LogP contribution in [0.4, 0.5) is 0 Å². The molecule has 0 atom stereocenters. The van der Waals surface area contributed by atoms with Crippen molar-refractivity contribution in [3.63, 3.8) is 0 Å². The van der Waals surface area contributed by atoms with Crippen LogP contribution in [0.2, 0.25) is 0 Å². The molecule has 0 amide bonds. The molecule has 0 bridgehead atoms. The van der Waals surface area contributed by atoms with Crippen LogP contribution in [0.15, 0.2) is 29.2 Å². The Labute approximate surface area is 108 Å². The summed E-state index contributed by atoms with van der Waals surface area (Å²) in [7, 11) is -3.35. The van der Waals surface area contributed by atoms with Gasteiger partial charge in [0.05, 0.1) is 16.6 Å². The van der Waals surface area contributed by atoms with Gasteiger partial charge in [-0.1, -0.05) is 26.0 Å². The van der Waals surface area contributed by atoms with Crippen molar-refractivity contribution in [3.8, 4) is 0 Å². The second kappa shape index (κ2) is 6.00. The predicted octanol–water partition coefficient (Wildman–Crippen LogP) is 2.28. The number of carbonyl (C=O) groups is 1. The molecule has 0 unspecified atom stereocenters. The molecular formula is C13H18O4S. The lowest BCUT2D eigenvalue weighted by molar-refractivity contribution is -0.136. The predicted molar refractivity (Wildman–Crippen MR) is 69.3 cm³/mol. The topological polar surface area (TPSA) is 71.4 Å². The zero-order valence-electron chi connectivity index (χ0n) is 10.6. The van der Waals surface area contributed by atoms with Crippen LogP contribution >= 0.6 is 0 Å². The highest BCUT2D eigenvalue weighted by molar-refractivity contribution is 7.92. The Morgan fingerprint density at radius 1 is 1.28 bits per heavy atom. The highest BCUT2D eigenvalue weighted by atomic mass is 32.2. The molecule has 1 aromatic rings. The molecule has 0 heterocycles. The molecular weight excluding hydrogens is 252 g/mol. The van der Waals surface area contributed by atoms with E-state index in [1.54, 1.807) is 12.1 Å². The molecule has 1 rings (SSSR count). The molecule has 1 aromatic carbocycles. The number of hydrogen-bond donors (Lipinski definition) is 1. The minimum absolute atomic E-state index is 0.160. The highest BCUT2D eigenvalue weighted by Crippen LogP contribution is 2.21. The van der Waals surface area contributed by atoms with Gasteiger partial charge in [-0.15, -0.1) is 0 Å². The normalized spacial score (nSPS) is 11.7.